The summed E-state index contributed by atoms with van der Waals surface area (Å²) in [6.07, 6.45) is 1.92. The summed E-state index contributed by atoms with van der Waals surface area (Å²) in [6.45, 7) is 1.75. The minimum Gasteiger partial charge on any atom is -0.323 e. The summed E-state index contributed by atoms with van der Waals surface area (Å²) in [6, 6.07) is 6.09. The van der Waals surface area contributed by atoms with E-state index in [1.807, 2.05) is 6.26 Å². The number of carbonyl (C=O) groups excluding carboxylic acids is 1. The van der Waals surface area contributed by atoms with Crippen LogP contribution in [0.2, 0.25) is 0 Å². The van der Waals surface area contributed by atoms with Crippen LogP contribution in [0.1, 0.15) is 6.92 Å². The maximum atomic E-state index is 13.4. The van der Waals surface area contributed by atoms with Gasteiger partial charge in [0.15, 0.2) is 8.68 Å². The van der Waals surface area contributed by atoms with Gasteiger partial charge in [-0.05, 0) is 25.3 Å². The first-order valence-electron chi connectivity index (χ1n) is 5.69. The number of amides is 1. The Morgan fingerprint density at radius 1 is 1.35 bits per heavy atom. The Morgan fingerprint density at radius 2 is 2.05 bits per heavy atom. The lowest BCUT2D eigenvalue weighted by molar-refractivity contribution is -0.115. The third kappa shape index (κ3) is 3.94. The summed E-state index contributed by atoms with van der Waals surface area (Å²) in [4.78, 5) is 12.0. The minimum absolute atomic E-state index is 0.187. The van der Waals surface area contributed by atoms with E-state index in [2.05, 4.69) is 15.5 Å². The van der Waals surface area contributed by atoms with E-state index in [1.54, 1.807) is 19.1 Å². The van der Waals surface area contributed by atoms with E-state index in [1.165, 1.54) is 47.0 Å². The van der Waals surface area contributed by atoms with Crippen molar-refractivity contribution in [3.8, 4) is 0 Å². The number of rotatable bonds is 5. The van der Waals surface area contributed by atoms with Gasteiger partial charge in [0.2, 0.25) is 5.91 Å². The van der Waals surface area contributed by atoms with E-state index in [0.717, 1.165) is 8.68 Å². The summed E-state index contributed by atoms with van der Waals surface area (Å²) in [7, 11) is 0. The molecule has 1 aromatic carbocycles. The number of nitrogens with zero attached hydrogens (tertiary/aromatic N) is 2. The van der Waals surface area contributed by atoms with Crippen LogP contribution in [0.4, 0.5) is 10.1 Å². The van der Waals surface area contributed by atoms with Gasteiger partial charge in [0.1, 0.15) is 5.82 Å². The molecule has 0 aliphatic rings. The van der Waals surface area contributed by atoms with E-state index in [0.29, 0.717) is 0 Å². The molecule has 0 aliphatic heterocycles. The van der Waals surface area contributed by atoms with Gasteiger partial charge >= 0.3 is 0 Å². The summed E-state index contributed by atoms with van der Waals surface area (Å²) in [5, 5.41) is 10.1. The minimum atomic E-state index is -0.446. The molecule has 8 heteroatoms. The zero-order valence-corrected chi connectivity index (χ0v) is 13.2. The molecule has 1 amide bonds. The molecule has 0 aliphatic carbocycles. The van der Waals surface area contributed by atoms with E-state index in [4.69, 9.17) is 0 Å². The Balaban J connectivity index is 1.97. The number of carbonyl (C=O) groups is 1. The Hall–Kier alpha value is -1.12. The fourth-order valence-corrected chi connectivity index (χ4v) is 3.91. The first-order valence-corrected chi connectivity index (χ1v) is 8.62. The first-order chi connectivity index (χ1) is 9.60. The van der Waals surface area contributed by atoms with Crippen LogP contribution in [0.5, 0.6) is 0 Å². The molecule has 0 spiro atoms. The zero-order valence-electron chi connectivity index (χ0n) is 10.8. The number of hydrogen-bond acceptors (Lipinski definition) is 6. The van der Waals surface area contributed by atoms with E-state index >= 15 is 0 Å². The molecule has 0 bridgehead atoms. The van der Waals surface area contributed by atoms with E-state index in [-0.39, 0.29) is 16.8 Å². The average molecular weight is 329 g/mol. The van der Waals surface area contributed by atoms with Gasteiger partial charge in [-0.2, -0.15) is 0 Å². The molecule has 0 saturated carbocycles. The van der Waals surface area contributed by atoms with Crippen LogP contribution in [-0.4, -0.2) is 27.6 Å². The van der Waals surface area contributed by atoms with Crippen molar-refractivity contribution in [2.75, 3.05) is 11.6 Å². The molecule has 106 valence electrons. The van der Waals surface area contributed by atoms with Gasteiger partial charge in [0.25, 0.3) is 0 Å². The van der Waals surface area contributed by atoms with Crippen LogP contribution in [0.25, 0.3) is 0 Å². The highest BCUT2D eigenvalue weighted by atomic mass is 32.2. The number of nitrogens with one attached hydrogen (secondary N) is 1. The molecule has 20 heavy (non-hydrogen) atoms. The highest BCUT2D eigenvalue weighted by molar-refractivity contribution is 8.03. The second-order valence-corrected chi connectivity index (χ2v) is 7.39. The third-order valence-electron chi connectivity index (χ3n) is 2.34. The highest BCUT2D eigenvalue weighted by Gasteiger charge is 2.18. The smallest absolute Gasteiger partial charge is 0.237 e. The van der Waals surface area contributed by atoms with Crippen LogP contribution in [-0.2, 0) is 4.79 Å². The van der Waals surface area contributed by atoms with E-state index in [9.17, 15) is 9.18 Å². The Bertz CT molecular complexity index is 605. The molecule has 4 nitrogen and oxygen atoms in total. The molecule has 1 aromatic heterocycles. The van der Waals surface area contributed by atoms with Crippen molar-refractivity contribution < 1.29 is 9.18 Å². The SMILES string of the molecule is CSc1nnc(SC(C)C(=O)Nc2ccccc2F)s1. The average Bonchev–Trinajstić information content (AvgIpc) is 2.89. The van der Waals surface area contributed by atoms with Gasteiger partial charge in [0, 0.05) is 0 Å². The number of thioether (sulfide) groups is 2. The number of benzene rings is 1. The normalized spacial score (nSPS) is 12.2. The Morgan fingerprint density at radius 3 is 2.70 bits per heavy atom. The van der Waals surface area contributed by atoms with Crippen molar-refractivity contribution in [3.05, 3.63) is 30.1 Å². The van der Waals surface area contributed by atoms with Crippen molar-refractivity contribution in [1.29, 1.82) is 0 Å². The quantitative estimate of drug-likeness (QED) is 0.851. The van der Waals surface area contributed by atoms with Crippen LogP contribution in [0.15, 0.2) is 32.9 Å². The lowest BCUT2D eigenvalue weighted by Gasteiger charge is -2.10. The predicted octanol–water partition coefficient (Wildman–Crippen LogP) is 3.52. The van der Waals surface area contributed by atoms with Crippen LogP contribution >= 0.6 is 34.9 Å². The summed E-state index contributed by atoms with van der Waals surface area (Å²) < 4.78 is 15.0. The lowest BCUT2D eigenvalue weighted by Crippen LogP contribution is -2.22. The molecule has 2 rings (SSSR count). The van der Waals surface area contributed by atoms with Gasteiger partial charge in [-0.25, -0.2) is 4.39 Å². The van der Waals surface area contributed by atoms with Crippen molar-refractivity contribution in [2.45, 2.75) is 20.9 Å². The first kappa shape index (κ1) is 15.3. The molecule has 2 aromatic rings. The van der Waals surface area contributed by atoms with Gasteiger partial charge in [-0.1, -0.05) is 47.0 Å². The monoisotopic (exact) mass is 329 g/mol. The van der Waals surface area contributed by atoms with E-state index < -0.39 is 5.82 Å². The standard InChI is InChI=1S/C12H12FN3OS3/c1-7(19-12-16-15-11(18-2)20-12)10(17)14-9-6-4-3-5-8(9)13/h3-7H,1-2H3,(H,14,17). The molecule has 0 radical (unpaired) electrons. The summed E-state index contributed by atoms with van der Waals surface area (Å²) in [5.41, 5.74) is 0.187. The number of hydrogen-bond donors (Lipinski definition) is 1. The topological polar surface area (TPSA) is 54.9 Å². The number of aromatic nitrogens is 2. The van der Waals surface area contributed by atoms with Crippen LogP contribution in [0, 0.1) is 5.82 Å². The van der Waals surface area contributed by atoms with Crippen molar-refractivity contribution >= 4 is 46.5 Å². The Kier molecular flexibility index (Phi) is 5.38. The fraction of sp³-hybridized carbons (Fsp3) is 0.250. The van der Waals surface area contributed by atoms with Crippen LogP contribution in [0.3, 0.4) is 0 Å². The van der Waals surface area contributed by atoms with Gasteiger partial charge in [0.05, 0.1) is 10.9 Å². The number of anilines is 1. The third-order valence-corrected chi connectivity index (χ3v) is 5.42. The number of halogens is 1. The molecular weight excluding hydrogens is 317 g/mol. The fourth-order valence-electron chi connectivity index (χ4n) is 1.33. The van der Waals surface area contributed by atoms with Crippen LogP contribution < -0.4 is 5.32 Å². The Labute approximate surface area is 128 Å². The lowest BCUT2D eigenvalue weighted by atomic mass is 10.3. The predicted molar refractivity (Wildman–Crippen MR) is 82.0 cm³/mol. The largest absolute Gasteiger partial charge is 0.323 e. The molecule has 1 atom stereocenters. The highest BCUT2D eigenvalue weighted by Crippen LogP contribution is 2.30. The van der Waals surface area contributed by atoms with Crippen molar-refractivity contribution in [2.24, 2.45) is 0 Å². The van der Waals surface area contributed by atoms with Gasteiger partial charge in [-0.3, -0.25) is 4.79 Å². The second-order valence-electron chi connectivity index (χ2n) is 3.77. The van der Waals surface area contributed by atoms with Crippen molar-refractivity contribution in [3.63, 3.8) is 0 Å². The van der Waals surface area contributed by atoms with Gasteiger partial charge < -0.3 is 5.32 Å². The van der Waals surface area contributed by atoms with Crippen molar-refractivity contribution in [1.82, 2.24) is 10.2 Å². The van der Waals surface area contributed by atoms with Gasteiger partial charge in [-0.15, -0.1) is 10.2 Å². The molecular formula is C12H12FN3OS3. The summed E-state index contributed by atoms with van der Waals surface area (Å²) >= 11 is 4.26. The molecule has 1 unspecified atom stereocenters. The second kappa shape index (κ2) is 7.05. The zero-order chi connectivity index (χ0) is 14.5. The molecule has 0 saturated heterocycles. The molecule has 0 fully saturated rings. The maximum absolute atomic E-state index is 13.4. The molecule has 1 N–H and O–H groups in total. The maximum Gasteiger partial charge on any atom is 0.237 e. The summed E-state index contributed by atoms with van der Waals surface area (Å²) in [5.74, 6) is -0.709. The number of para-hydroxylation sites is 1. The molecule has 1 heterocycles.